The largest absolute Gasteiger partial charge is 0.462 e. The van der Waals surface area contributed by atoms with Crippen LogP contribution in [0.2, 0.25) is 0 Å². The van der Waals surface area contributed by atoms with Crippen molar-refractivity contribution < 1.29 is 23.9 Å². The average Bonchev–Trinajstić information content (AvgIpc) is 3.27. The highest BCUT2D eigenvalue weighted by molar-refractivity contribution is 5.99. The number of para-hydroxylation sites is 1. The zero-order valence-corrected chi connectivity index (χ0v) is 18.0. The molecule has 0 bridgehead atoms. The highest BCUT2D eigenvalue weighted by Crippen LogP contribution is 2.18. The maximum absolute atomic E-state index is 12.5. The van der Waals surface area contributed by atoms with E-state index in [4.69, 9.17) is 9.47 Å². The number of nitrogens with zero attached hydrogens (tertiary/aromatic N) is 2. The van der Waals surface area contributed by atoms with E-state index in [1.165, 1.54) is 18.2 Å². The maximum atomic E-state index is 12.5. The summed E-state index contributed by atoms with van der Waals surface area (Å²) in [4.78, 5) is 36.8. The summed E-state index contributed by atoms with van der Waals surface area (Å²) >= 11 is 0. The van der Waals surface area contributed by atoms with E-state index in [9.17, 15) is 14.4 Å². The van der Waals surface area contributed by atoms with E-state index >= 15 is 0 Å². The summed E-state index contributed by atoms with van der Waals surface area (Å²) in [5.74, 6) is -1.42. The minimum atomic E-state index is -0.581. The van der Waals surface area contributed by atoms with Crippen molar-refractivity contribution in [2.75, 3.05) is 18.5 Å². The SMILES string of the molecule is CCOC(=O)c1cc(NC(=O)CCc2cnn(-c3ccccc3)c2)cc(C(=O)OCC)c1. The molecule has 32 heavy (non-hydrogen) atoms. The van der Waals surface area contributed by atoms with Crippen LogP contribution in [0.25, 0.3) is 5.69 Å². The molecule has 166 valence electrons. The van der Waals surface area contributed by atoms with E-state index in [2.05, 4.69) is 10.4 Å². The number of rotatable bonds is 9. The predicted octanol–water partition coefficient (Wildman–Crippen LogP) is 3.80. The fourth-order valence-corrected chi connectivity index (χ4v) is 3.06. The van der Waals surface area contributed by atoms with Crippen molar-refractivity contribution in [3.8, 4) is 5.69 Å². The number of anilines is 1. The van der Waals surface area contributed by atoms with E-state index in [1.54, 1.807) is 24.7 Å². The van der Waals surface area contributed by atoms with Gasteiger partial charge in [0.1, 0.15) is 0 Å². The van der Waals surface area contributed by atoms with Gasteiger partial charge in [0.15, 0.2) is 0 Å². The van der Waals surface area contributed by atoms with Crippen LogP contribution in [-0.4, -0.2) is 40.8 Å². The van der Waals surface area contributed by atoms with Gasteiger partial charge in [-0.2, -0.15) is 5.10 Å². The van der Waals surface area contributed by atoms with Crippen LogP contribution in [0.15, 0.2) is 60.9 Å². The Morgan fingerprint density at radius 2 is 1.56 bits per heavy atom. The lowest BCUT2D eigenvalue weighted by atomic mass is 10.1. The number of carbonyl (C=O) groups is 3. The van der Waals surface area contributed by atoms with Crippen LogP contribution in [0.3, 0.4) is 0 Å². The fraction of sp³-hybridized carbons (Fsp3) is 0.250. The fourth-order valence-electron chi connectivity index (χ4n) is 3.06. The van der Waals surface area contributed by atoms with Crippen LogP contribution in [0, 0.1) is 0 Å². The monoisotopic (exact) mass is 435 g/mol. The molecule has 0 unspecified atom stereocenters. The lowest BCUT2D eigenvalue weighted by Gasteiger charge is -2.10. The third kappa shape index (κ3) is 6.04. The van der Waals surface area contributed by atoms with Crippen molar-refractivity contribution in [1.82, 2.24) is 9.78 Å². The van der Waals surface area contributed by atoms with Gasteiger partial charge < -0.3 is 14.8 Å². The van der Waals surface area contributed by atoms with E-state index in [0.717, 1.165) is 11.3 Å². The first kappa shape index (κ1) is 22.7. The normalized spacial score (nSPS) is 10.4. The van der Waals surface area contributed by atoms with Gasteiger partial charge in [0, 0.05) is 18.3 Å². The van der Waals surface area contributed by atoms with E-state index in [-0.39, 0.29) is 36.7 Å². The second kappa shape index (κ2) is 10.9. The highest BCUT2D eigenvalue weighted by Gasteiger charge is 2.16. The first-order valence-electron chi connectivity index (χ1n) is 10.4. The molecule has 8 heteroatoms. The Hall–Kier alpha value is -3.94. The number of ether oxygens (including phenoxy) is 2. The number of aromatic nitrogens is 2. The molecular weight excluding hydrogens is 410 g/mol. The Bertz CT molecular complexity index is 1060. The van der Waals surface area contributed by atoms with E-state index in [0.29, 0.717) is 12.1 Å². The second-order valence-corrected chi connectivity index (χ2v) is 6.92. The molecule has 8 nitrogen and oxygen atoms in total. The van der Waals surface area contributed by atoms with Crippen LogP contribution in [0.1, 0.15) is 46.5 Å². The summed E-state index contributed by atoms with van der Waals surface area (Å²) in [6, 6.07) is 14.0. The molecule has 1 amide bonds. The smallest absolute Gasteiger partial charge is 0.338 e. The summed E-state index contributed by atoms with van der Waals surface area (Å²) in [5, 5.41) is 7.07. The van der Waals surface area contributed by atoms with Gasteiger partial charge in [0.05, 0.1) is 36.2 Å². The van der Waals surface area contributed by atoms with Crippen molar-refractivity contribution in [3.05, 3.63) is 77.6 Å². The Balaban J connectivity index is 1.67. The summed E-state index contributed by atoms with van der Waals surface area (Å²) in [6.45, 7) is 3.77. The van der Waals surface area contributed by atoms with Gasteiger partial charge in [-0.05, 0) is 56.2 Å². The molecule has 3 aromatic rings. The molecule has 0 saturated carbocycles. The van der Waals surface area contributed by atoms with Gasteiger partial charge >= 0.3 is 11.9 Å². The summed E-state index contributed by atoms with van der Waals surface area (Å²) in [7, 11) is 0. The number of aryl methyl sites for hydroxylation is 1. The number of hydrogen-bond acceptors (Lipinski definition) is 6. The molecule has 1 N–H and O–H groups in total. The van der Waals surface area contributed by atoms with Gasteiger partial charge in [-0.25, -0.2) is 14.3 Å². The number of esters is 2. The third-order valence-corrected chi connectivity index (χ3v) is 4.54. The lowest BCUT2D eigenvalue weighted by Crippen LogP contribution is -2.15. The Labute approximate surface area is 186 Å². The van der Waals surface area contributed by atoms with Crippen LogP contribution in [0.4, 0.5) is 5.69 Å². The lowest BCUT2D eigenvalue weighted by molar-refractivity contribution is -0.116. The standard InChI is InChI=1S/C24H25N3O5/c1-3-31-23(29)18-12-19(24(30)32-4-2)14-20(13-18)26-22(28)11-10-17-15-25-27(16-17)21-8-6-5-7-9-21/h5-9,12-16H,3-4,10-11H2,1-2H3,(H,26,28). The Morgan fingerprint density at radius 1 is 0.938 bits per heavy atom. The van der Waals surface area contributed by atoms with Crippen LogP contribution in [-0.2, 0) is 20.7 Å². The van der Waals surface area contributed by atoms with Crippen LogP contribution in [0.5, 0.6) is 0 Å². The van der Waals surface area contributed by atoms with Crippen molar-refractivity contribution >= 4 is 23.5 Å². The predicted molar refractivity (Wildman–Crippen MR) is 119 cm³/mol. The Kier molecular flexibility index (Phi) is 7.75. The molecule has 0 aliphatic rings. The molecule has 2 aromatic carbocycles. The molecule has 0 fully saturated rings. The molecular formula is C24H25N3O5. The molecule has 0 aliphatic heterocycles. The second-order valence-electron chi connectivity index (χ2n) is 6.92. The minimum absolute atomic E-state index is 0.164. The van der Waals surface area contributed by atoms with Gasteiger partial charge in [-0.1, -0.05) is 18.2 Å². The first-order chi connectivity index (χ1) is 15.5. The molecule has 0 spiro atoms. The molecule has 0 atom stereocenters. The van der Waals surface area contributed by atoms with Crippen molar-refractivity contribution in [1.29, 1.82) is 0 Å². The number of carbonyl (C=O) groups excluding carboxylic acids is 3. The number of nitrogens with one attached hydrogen (secondary N) is 1. The zero-order chi connectivity index (χ0) is 22.9. The van der Waals surface area contributed by atoms with Crippen LogP contribution < -0.4 is 5.32 Å². The average molecular weight is 435 g/mol. The van der Waals surface area contributed by atoms with Gasteiger partial charge in [-0.3, -0.25) is 4.79 Å². The number of benzene rings is 2. The van der Waals surface area contributed by atoms with Crippen molar-refractivity contribution in [2.24, 2.45) is 0 Å². The maximum Gasteiger partial charge on any atom is 0.338 e. The van der Waals surface area contributed by atoms with E-state index in [1.807, 2.05) is 36.5 Å². The van der Waals surface area contributed by atoms with Crippen LogP contribution >= 0.6 is 0 Å². The van der Waals surface area contributed by atoms with Gasteiger partial charge in [-0.15, -0.1) is 0 Å². The quantitative estimate of drug-likeness (QED) is 0.513. The molecule has 3 rings (SSSR count). The zero-order valence-electron chi connectivity index (χ0n) is 18.0. The molecule has 0 saturated heterocycles. The summed E-state index contributed by atoms with van der Waals surface area (Å²) in [6.07, 6.45) is 4.29. The summed E-state index contributed by atoms with van der Waals surface area (Å²) < 4.78 is 11.8. The summed E-state index contributed by atoms with van der Waals surface area (Å²) in [5.41, 5.74) is 2.50. The molecule has 1 aromatic heterocycles. The minimum Gasteiger partial charge on any atom is -0.462 e. The number of hydrogen-bond donors (Lipinski definition) is 1. The molecule has 0 aliphatic carbocycles. The van der Waals surface area contributed by atoms with Gasteiger partial charge in [0.25, 0.3) is 0 Å². The third-order valence-electron chi connectivity index (χ3n) is 4.54. The topological polar surface area (TPSA) is 99.5 Å². The van der Waals surface area contributed by atoms with Gasteiger partial charge in [0.2, 0.25) is 5.91 Å². The Morgan fingerprint density at radius 3 is 2.16 bits per heavy atom. The first-order valence-corrected chi connectivity index (χ1v) is 10.4. The number of amides is 1. The van der Waals surface area contributed by atoms with E-state index < -0.39 is 11.9 Å². The molecule has 1 heterocycles. The van der Waals surface area contributed by atoms with Crippen molar-refractivity contribution in [3.63, 3.8) is 0 Å². The highest BCUT2D eigenvalue weighted by atomic mass is 16.5. The molecule has 0 radical (unpaired) electrons. The van der Waals surface area contributed by atoms with Crippen molar-refractivity contribution in [2.45, 2.75) is 26.7 Å².